The molecule has 7 aromatic rings. The lowest BCUT2D eigenvalue weighted by molar-refractivity contribution is -0.160. The zero-order chi connectivity index (χ0) is 45.1. The molecule has 0 saturated carbocycles. The second kappa shape index (κ2) is 18.4. The maximum Gasteiger partial charge on any atom is 0.311 e. The maximum atomic E-state index is 15.3. The molecule has 0 N–H and O–H groups in total. The van der Waals surface area contributed by atoms with Gasteiger partial charge in [-0.3, -0.25) is 4.79 Å². The summed E-state index contributed by atoms with van der Waals surface area (Å²) in [5, 5.41) is 0. The van der Waals surface area contributed by atoms with E-state index in [1.807, 2.05) is 51.1 Å². The van der Waals surface area contributed by atoms with E-state index < -0.39 is 23.0 Å². The Bertz CT molecular complexity index is 2640. The minimum Gasteiger partial charge on any atom is -0.497 e. The molecule has 1 aromatic heterocycles. The van der Waals surface area contributed by atoms with Crippen LogP contribution in [0.1, 0.15) is 102 Å². The lowest BCUT2D eigenvalue weighted by atomic mass is 9.78. The number of aromatic nitrogens is 1. The fraction of sp³-hybridized carbons (Fsp3) is 0.276. The highest BCUT2D eigenvalue weighted by molar-refractivity contribution is 5.80. The second-order valence-corrected chi connectivity index (χ2v) is 18.5. The number of ether oxygens (including phenoxy) is 4. The van der Waals surface area contributed by atoms with Gasteiger partial charge in [0, 0.05) is 30.8 Å². The van der Waals surface area contributed by atoms with Crippen molar-refractivity contribution in [3.05, 3.63) is 226 Å². The van der Waals surface area contributed by atoms with Crippen LogP contribution in [0.5, 0.6) is 11.5 Å². The van der Waals surface area contributed by atoms with Gasteiger partial charge in [0.15, 0.2) is 0 Å². The first-order chi connectivity index (χ1) is 31.5. The summed E-state index contributed by atoms with van der Waals surface area (Å²) < 4.78 is 26.1. The number of nitrogens with zero attached hydrogens (tertiary/aromatic N) is 2. The molecule has 2 aliphatic rings. The number of pyridine rings is 1. The molecule has 1 aliphatic heterocycles. The van der Waals surface area contributed by atoms with Gasteiger partial charge in [-0.2, -0.15) is 0 Å². The van der Waals surface area contributed by atoms with Gasteiger partial charge in [-0.1, -0.05) is 146 Å². The van der Waals surface area contributed by atoms with Crippen molar-refractivity contribution >= 4 is 11.8 Å². The Hall–Kier alpha value is -6.70. The van der Waals surface area contributed by atoms with Gasteiger partial charge >= 0.3 is 5.97 Å². The highest BCUT2D eigenvalue weighted by Gasteiger charge is 2.50. The summed E-state index contributed by atoms with van der Waals surface area (Å²) in [6, 6.07) is 58.8. The van der Waals surface area contributed by atoms with E-state index in [0.29, 0.717) is 18.9 Å². The molecule has 1 aliphatic carbocycles. The first kappa shape index (κ1) is 43.5. The van der Waals surface area contributed by atoms with Crippen molar-refractivity contribution in [2.75, 3.05) is 18.6 Å². The monoisotopic (exact) mass is 862 g/mol. The van der Waals surface area contributed by atoms with Crippen LogP contribution in [0.15, 0.2) is 170 Å². The standard InChI is InChI=1S/C58H58N2O5/c1-39(2)60(37-40-19-11-7-12-20-40)51-32-31-49-52(42-28-27-41-33-34-63-50(41)36-42)54(56(61)65-57(3,4)5)53(55(49)59-51)48-30-29-47(62-6)35-43(48)38-64-58(44-21-13-8-14-22-44,45-23-15-9-16-24-45)46-25-17-10-18-26-46/h7-32,35-36,39,52-54H,33-34,37-38H2,1-6H3/t52?,53-,54+/m0/s1. The van der Waals surface area contributed by atoms with Crippen LogP contribution in [0.25, 0.3) is 0 Å². The summed E-state index contributed by atoms with van der Waals surface area (Å²) in [5.74, 6) is 0.537. The number of hydrogen-bond donors (Lipinski definition) is 0. The number of hydrogen-bond acceptors (Lipinski definition) is 7. The molecular weight excluding hydrogens is 805 g/mol. The van der Waals surface area contributed by atoms with Crippen LogP contribution in [0.4, 0.5) is 5.82 Å². The van der Waals surface area contributed by atoms with Crippen molar-refractivity contribution in [3.8, 4) is 11.5 Å². The van der Waals surface area contributed by atoms with Crippen LogP contribution in [0, 0.1) is 5.92 Å². The van der Waals surface area contributed by atoms with Crippen LogP contribution in [-0.4, -0.2) is 36.3 Å². The van der Waals surface area contributed by atoms with Gasteiger partial charge in [0.25, 0.3) is 0 Å². The Morgan fingerprint density at radius 1 is 0.723 bits per heavy atom. The van der Waals surface area contributed by atoms with Crippen LogP contribution in [0.3, 0.4) is 0 Å². The molecule has 2 heterocycles. The summed E-state index contributed by atoms with van der Waals surface area (Å²) in [6.07, 6.45) is 0.859. The normalized spacial score (nSPS) is 16.7. The van der Waals surface area contributed by atoms with Crippen LogP contribution >= 0.6 is 0 Å². The molecule has 7 nitrogen and oxygen atoms in total. The molecule has 330 valence electrons. The fourth-order valence-electron chi connectivity index (χ4n) is 9.85. The lowest BCUT2D eigenvalue weighted by Crippen LogP contribution is -2.34. The molecule has 3 atom stereocenters. The van der Waals surface area contributed by atoms with Gasteiger partial charge in [-0.05, 0) is 109 Å². The zero-order valence-corrected chi connectivity index (χ0v) is 38.2. The Morgan fingerprint density at radius 2 is 1.32 bits per heavy atom. The summed E-state index contributed by atoms with van der Waals surface area (Å²) >= 11 is 0. The molecule has 0 saturated heterocycles. The number of carbonyl (C=O) groups is 1. The number of benzene rings is 6. The predicted octanol–water partition coefficient (Wildman–Crippen LogP) is 12.2. The summed E-state index contributed by atoms with van der Waals surface area (Å²) in [4.78, 5) is 23.2. The number of methoxy groups -OCH3 is 1. The number of rotatable bonds is 14. The average molecular weight is 863 g/mol. The number of fused-ring (bicyclic) bond motifs is 2. The van der Waals surface area contributed by atoms with E-state index in [1.165, 1.54) is 11.1 Å². The summed E-state index contributed by atoms with van der Waals surface area (Å²) in [5.41, 5.74) is 8.27. The molecule has 0 amide bonds. The third kappa shape index (κ3) is 8.78. The Kier molecular flexibility index (Phi) is 12.3. The molecule has 6 aromatic carbocycles. The third-order valence-electron chi connectivity index (χ3n) is 12.8. The van der Waals surface area contributed by atoms with Crippen molar-refractivity contribution in [2.24, 2.45) is 5.92 Å². The van der Waals surface area contributed by atoms with Crippen molar-refractivity contribution in [1.29, 1.82) is 0 Å². The molecule has 7 heteroatoms. The first-order valence-electron chi connectivity index (χ1n) is 22.8. The number of carbonyl (C=O) groups excluding carboxylic acids is 1. The Morgan fingerprint density at radius 3 is 1.91 bits per heavy atom. The van der Waals surface area contributed by atoms with E-state index in [-0.39, 0.29) is 24.5 Å². The minimum absolute atomic E-state index is 0.138. The SMILES string of the molecule is COc1ccc([C@@H]2c3nc(N(Cc4ccccc4)C(C)C)ccc3C(c3ccc4c(c3)OCC4)[C@H]2C(=O)OC(C)(C)C)c(COC(c2ccccc2)(c2ccccc2)c2ccccc2)c1. The van der Waals surface area contributed by atoms with Gasteiger partial charge in [-0.25, -0.2) is 4.98 Å². The minimum atomic E-state index is -0.990. The maximum absolute atomic E-state index is 15.3. The van der Waals surface area contributed by atoms with E-state index >= 15 is 4.79 Å². The molecule has 9 rings (SSSR count). The van der Waals surface area contributed by atoms with E-state index in [9.17, 15) is 0 Å². The fourth-order valence-corrected chi connectivity index (χ4v) is 9.85. The number of esters is 1. The average Bonchev–Trinajstić information content (AvgIpc) is 3.94. The van der Waals surface area contributed by atoms with Crippen molar-refractivity contribution < 1.29 is 23.7 Å². The molecular formula is C58H58N2O5. The van der Waals surface area contributed by atoms with Gasteiger partial charge in [0.05, 0.1) is 31.9 Å². The van der Waals surface area contributed by atoms with Gasteiger partial charge in [0.2, 0.25) is 0 Å². The highest BCUT2D eigenvalue weighted by atomic mass is 16.6. The van der Waals surface area contributed by atoms with E-state index in [1.54, 1.807) is 7.11 Å². The quantitative estimate of drug-likeness (QED) is 0.0797. The van der Waals surface area contributed by atoms with Gasteiger partial charge < -0.3 is 23.8 Å². The van der Waals surface area contributed by atoms with Crippen LogP contribution in [-0.2, 0) is 39.4 Å². The van der Waals surface area contributed by atoms with Crippen LogP contribution in [0.2, 0.25) is 0 Å². The Labute approximate surface area is 384 Å². The van der Waals surface area contributed by atoms with Gasteiger partial charge in [0.1, 0.15) is 28.5 Å². The molecule has 0 spiro atoms. The van der Waals surface area contributed by atoms with Crippen molar-refractivity contribution in [1.82, 2.24) is 4.98 Å². The van der Waals surface area contributed by atoms with E-state index in [2.05, 4.69) is 158 Å². The molecule has 1 unspecified atom stereocenters. The second-order valence-electron chi connectivity index (χ2n) is 18.5. The zero-order valence-electron chi connectivity index (χ0n) is 38.2. The molecule has 0 fully saturated rings. The third-order valence-corrected chi connectivity index (χ3v) is 12.8. The van der Waals surface area contributed by atoms with Crippen LogP contribution < -0.4 is 14.4 Å². The smallest absolute Gasteiger partial charge is 0.311 e. The Balaban J connectivity index is 1.25. The van der Waals surface area contributed by atoms with Crippen molar-refractivity contribution in [3.63, 3.8) is 0 Å². The predicted molar refractivity (Wildman–Crippen MR) is 258 cm³/mol. The summed E-state index contributed by atoms with van der Waals surface area (Å²) in [7, 11) is 1.68. The summed E-state index contributed by atoms with van der Waals surface area (Å²) in [6.45, 7) is 11.7. The molecule has 0 radical (unpaired) electrons. The highest BCUT2D eigenvalue weighted by Crippen LogP contribution is 2.55. The first-order valence-corrected chi connectivity index (χ1v) is 22.8. The lowest BCUT2D eigenvalue weighted by Gasteiger charge is -2.36. The van der Waals surface area contributed by atoms with Gasteiger partial charge in [-0.15, -0.1) is 0 Å². The van der Waals surface area contributed by atoms with E-state index in [4.69, 9.17) is 23.9 Å². The van der Waals surface area contributed by atoms with Crippen molar-refractivity contribution in [2.45, 2.75) is 83.3 Å². The molecule has 0 bridgehead atoms. The molecule has 65 heavy (non-hydrogen) atoms. The number of anilines is 1. The topological polar surface area (TPSA) is 70.1 Å². The largest absolute Gasteiger partial charge is 0.497 e. The van der Waals surface area contributed by atoms with E-state index in [0.717, 1.165) is 62.6 Å².